The van der Waals surface area contributed by atoms with Crippen molar-refractivity contribution in [3.8, 4) is 0 Å². The van der Waals surface area contributed by atoms with E-state index in [1.807, 2.05) is 42.3 Å². The number of esters is 1. The van der Waals surface area contributed by atoms with Crippen LogP contribution < -0.4 is 0 Å². The summed E-state index contributed by atoms with van der Waals surface area (Å²) >= 11 is 6.59. The first-order valence-electron chi connectivity index (χ1n) is 13.0. The number of sulfone groups is 2. The van der Waals surface area contributed by atoms with Crippen LogP contribution in [0, 0.1) is 5.92 Å². The van der Waals surface area contributed by atoms with Crippen LogP contribution in [0.2, 0.25) is 5.02 Å². The number of halogens is 1. The third-order valence-electron chi connectivity index (χ3n) is 7.26. The van der Waals surface area contributed by atoms with Gasteiger partial charge in [-0.05, 0) is 43.3 Å². The van der Waals surface area contributed by atoms with Crippen molar-refractivity contribution in [2.24, 2.45) is 10.9 Å². The zero-order valence-corrected chi connectivity index (χ0v) is 24.9. The average Bonchev–Trinajstić information content (AvgIpc) is 2.99. The molecular formula is C30H29ClN2O6S2. The summed E-state index contributed by atoms with van der Waals surface area (Å²) in [5.74, 6) is -3.54. The molecule has 2 atom stereocenters. The predicted molar refractivity (Wildman–Crippen MR) is 157 cm³/mol. The summed E-state index contributed by atoms with van der Waals surface area (Å²) in [5, 5.41) is 0.245. The summed E-state index contributed by atoms with van der Waals surface area (Å²) < 4.78 is 60.7. The topological polar surface area (TPSA) is 110 Å². The Labute approximate surface area is 245 Å². The first kappa shape index (κ1) is 29.2. The van der Waals surface area contributed by atoms with E-state index in [2.05, 4.69) is 4.99 Å². The smallest absolute Gasteiger partial charge is 0.315 e. The molecule has 2 aliphatic heterocycles. The number of fused-ring (bicyclic) bond motifs is 1. The fraction of sp³-hybridized carbons (Fsp3) is 0.267. The van der Waals surface area contributed by atoms with E-state index in [1.54, 1.807) is 31.2 Å². The highest BCUT2D eigenvalue weighted by Crippen LogP contribution is 2.48. The Hall–Kier alpha value is -3.31. The minimum Gasteiger partial charge on any atom is -0.464 e. The van der Waals surface area contributed by atoms with E-state index < -0.39 is 43.2 Å². The molecule has 8 nitrogen and oxygen atoms in total. The maximum atomic E-state index is 14.2. The van der Waals surface area contributed by atoms with E-state index in [-0.39, 0.29) is 37.7 Å². The second-order valence-corrected chi connectivity index (χ2v) is 14.4. The average molecular weight is 613 g/mol. The first-order chi connectivity index (χ1) is 19.5. The molecule has 0 fully saturated rings. The van der Waals surface area contributed by atoms with Gasteiger partial charge in [0.1, 0.15) is 12.5 Å². The number of allylic oxidation sites excluding steroid dienone is 1. The van der Waals surface area contributed by atoms with Gasteiger partial charge in [-0.1, -0.05) is 72.3 Å². The van der Waals surface area contributed by atoms with Crippen LogP contribution in [0.1, 0.15) is 24.0 Å². The molecule has 0 aromatic heterocycles. The number of ether oxygens (including phenoxy) is 1. The number of rotatable bonds is 7. The standard InChI is InChI=1S/C30H29ClN2O6S2/c1-20-27(30(34)39-17-16-33(2)18-21-10-4-3-5-11-21)28(22-12-6-7-13-23(22)31)29-24(32-20)19-40(35,36)25-14-8-9-15-26(25)41(29,37)38/h3-15,27-28H,16-19H2,1-2H3. The van der Waals surface area contributed by atoms with Crippen molar-refractivity contribution in [1.29, 1.82) is 0 Å². The Balaban J connectivity index is 1.52. The second-order valence-electron chi connectivity index (χ2n) is 10.1. The summed E-state index contributed by atoms with van der Waals surface area (Å²) in [6.45, 7) is 2.75. The summed E-state index contributed by atoms with van der Waals surface area (Å²) in [5.41, 5.74) is 1.63. The van der Waals surface area contributed by atoms with E-state index in [0.717, 1.165) is 5.56 Å². The van der Waals surface area contributed by atoms with Crippen molar-refractivity contribution >= 4 is 43.0 Å². The molecule has 11 heteroatoms. The van der Waals surface area contributed by atoms with Gasteiger partial charge in [0.2, 0.25) is 9.84 Å². The van der Waals surface area contributed by atoms with Crippen molar-refractivity contribution in [2.45, 2.75) is 29.2 Å². The maximum Gasteiger partial charge on any atom is 0.315 e. The van der Waals surface area contributed by atoms with Crippen LogP contribution in [0.4, 0.5) is 0 Å². The van der Waals surface area contributed by atoms with Gasteiger partial charge in [-0.3, -0.25) is 14.7 Å². The van der Waals surface area contributed by atoms with Crippen LogP contribution in [-0.2, 0) is 35.8 Å². The van der Waals surface area contributed by atoms with E-state index >= 15 is 0 Å². The molecule has 0 N–H and O–H groups in total. The molecule has 2 aliphatic rings. The van der Waals surface area contributed by atoms with Crippen molar-refractivity contribution < 1.29 is 26.4 Å². The first-order valence-corrected chi connectivity index (χ1v) is 16.5. The van der Waals surface area contributed by atoms with Gasteiger partial charge in [-0.25, -0.2) is 16.8 Å². The fourth-order valence-corrected chi connectivity index (χ4v) is 9.66. The fourth-order valence-electron chi connectivity index (χ4n) is 5.36. The molecule has 0 bridgehead atoms. The number of benzene rings is 3. The minimum absolute atomic E-state index is 0.0665. The molecule has 0 radical (unpaired) electrons. The molecule has 0 aliphatic carbocycles. The molecule has 3 aromatic carbocycles. The zero-order valence-electron chi connectivity index (χ0n) is 22.5. The molecule has 0 spiro atoms. The minimum atomic E-state index is -4.40. The van der Waals surface area contributed by atoms with E-state index in [4.69, 9.17) is 16.3 Å². The third kappa shape index (κ3) is 5.74. The molecule has 214 valence electrons. The Kier molecular flexibility index (Phi) is 8.20. The van der Waals surface area contributed by atoms with E-state index in [1.165, 1.54) is 24.3 Å². The largest absolute Gasteiger partial charge is 0.464 e. The molecule has 5 rings (SSSR count). The Morgan fingerprint density at radius 3 is 2.29 bits per heavy atom. The van der Waals surface area contributed by atoms with Crippen molar-refractivity contribution in [1.82, 2.24) is 4.90 Å². The molecular weight excluding hydrogens is 584 g/mol. The van der Waals surface area contributed by atoms with Crippen molar-refractivity contribution in [2.75, 3.05) is 26.0 Å². The highest BCUT2D eigenvalue weighted by atomic mass is 35.5. The van der Waals surface area contributed by atoms with Crippen LogP contribution in [0.3, 0.4) is 0 Å². The molecule has 2 unspecified atom stereocenters. The molecule has 0 amide bonds. The van der Waals surface area contributed by atoms with Gasteiger partial charge in [0.05, 0.1) is 26.1 Å². The lowest BCUT2D eigenvalue weighted by molar-refractivity contribution is -0.146. The third-order valence-corrected chi connectivity index (χ3v) is 11.4. The summed E-state index contributed by atoms with van der Waals surface area (Å²) in [7, 11) is -6.54. The van der Waals surface area contributed by atoms with Crippen LogP contribution >= 0.6 is 11.6 Å². The summed E-state index contributed by atoms with van der Waals surface area (Å²) in [4.78, 5) is 19.2. The summed E-state index contributed by atoms with van der Waals surface area (Å²) in [6.07, 6.45) is 0. The molecule has 0 saturated carbocycles. The van der Waals surface area contributed by atoms with Gasteiger partial charge in [0.15, 0.2) is 9.84 Å². The number of hydrogen-bond donors (Lipinski definition) is 0. The highest BCUT2D eigenvalue weighted by molar-refractivity contribution is 7.97. The number of likely N-dealkylation sites (N-methyl/N-ethyl adjacent to an activating group) is 1. The van der Waals surface area contributed by atoms with Crippen LogP contribution in [0.15, 0.2) is 104 Å². The SMILES string of the molecule is CC1=NC2=C(C(c3ccccc3Cl)C1C(=O)OCCN(C)Cc1ccccc1)S(=O)(=O)c1ccccc1S(=O)(=O)C2. The Morgan fingerprint density at radius 2 is 1.59 bits per heavy atom. The van der Waals surface area contributed by atoms with Crippen LogP contribution in [-0.4, -0.2) is 59.4 Å². The predicted octanol–water partition coefficient (Wildman–Crippen LogP) is 4.66. The maximum absolute atomic E-state index is 14.2. The van der Waals surface area contributed by atoms with Crippen molar-refractivity contribution in [3.05, 3.63) is 106 Å². The quantitative estimate of drug-likeness (QED) is 0.357. The van der Waals surface area contributed by atoms with Gasteiger partial charge < -0.3 is 4.74 Å². The second kappa shape index (κ2) is 11.5. The monoisotopic (exact) mass is 612 g/mol. The molecule has 2 heterocycles. The van der Waals surface area contributed by atoms with Gasteiger partial charge in [0, 0.05) is 29.7 Å². The Bertz CT molecular complexity index is 1770. The normalized spacial score (nSPS) is 20.9. The van der Waals surface area contributed by atoms with Gasteiger partial charge in [-0.2, -0.15) is 0 Å². The van der Waals surface area contributed by atoms with E-state index in [0.29, 0.717) is 18.7 Å². The van der Waals surface area contributed by atoms with Crippen LogP contribution in [0.5, 0.6) is 0 Å². The van der Waals surface area contributed by atoms with Gasteiger partial charge >= 0.3 is 5.97 Å². The van der Waals surface area contributed by atoms with Gasteiger partial charge in [-0.15, -0.1) is 0 Å². The van der Waals surface area contributed by atoms with Crippen LogP contribution in [0.25, 0.3) is 0 Å². The summed E-state index contributed by atoms with van der Waals surface area (Å²) in [6, 6.07) is 22.0. The molecule has 41 heavy (non-hydrogen) atoms. The zero-order chi connectivity index (χ0) is 29.4. The highest BCUT2D eigenvalue weighted by Gasteiger charge is 2.49. The lowest BCUT2D eigenvalue weighted by Gasteiger charge is -2.32. The van der Waals surface area contributed by atoms with E-state index in [9.17, 15) is 21.6 Å². The number of aliphatic imine (C=N–C) groups is 1. The Morgan fingerprint density at radius 1 is 0.951 bits per heavy atom. The number of nitrogens with zero attached hydrogens (tertiary/aromatic N) is 2. The molecule has 3 aromatic rings. The number of carbonyl (C=O) groups excluding carboxylic acids is 1. The number of hydrogen-bond acceptors (Lipinski definition) is 8. The lowest BCUT2D eigenvalue weighted by atomic mass is 9.80. The lowest BCUT2D eigenvalue weighted by Crippen LogP contribution is -2.37. The van der Waals surface area contributed by atoms with Gasteiger partial charge in [0.25, 0.3) is 0 Å². The molecule has 0 saturated heterocycles. The van der Waals surface area contributed by atoms with Crippen molar-refractivity contribution in [3.63, 3.8) is 0 Å². The number of carbonyl (C=O) groups is 1.